The second-order valence-corrected chi connectivity index (χ2v) is 4.15. The molecule has 15 heavy (non-hydrogen) atoms. The molecule has 2 nitrogen and oxygen atoms in total. The monoisotopic (exact) mass is 207 g/mol. The molecule has 2 aromatic rings. The van der Waals surface area contributed by atoms with Crippen LogP contribution in [0.5, 0.6) is 0 Å². The molecule has 0 aliphatic carbocycles. The normalized spacial score (nSPS) is 11.5. The first-order valence-corrected chi connectivity index (χ1v) is 5.20. The summed E-state index contributed by atoms with van der Waals surface area (Å²) in [5, 5.41) is 0. The van der Waals surface area contributed by atoms with E-state index in [1.54, 1.807) is 6.07 Å². The quantitative estimate of drug-likeness (QED) is 0.769. The number of rotatable bonds is 3. The summed E-state index contributed by atoms with van der Waals surface area (Å²) in [6.45, 7) is 4.31. The van der Waals surface area contributed by atoms with E-state index in [2.05, 4.69) is 18.8 Å². The predicted molar refractivity (Wildman–Crippen MR) is 57.1 cm³/mol. The van der Waals surface area contributed by atoms with Crippen molar-refractivity contribution in [3.05, 3.63) is 29.9 Å². The van der Waals surface area contributed by atoms with Crippen molar-refractivity contribution < 1.29 is 8.81 Å². The van der Waals surface area contributed by atoms with Crippen LogP contribution in [0.25, 0.3) is 11.1 Å². The molecule has 80 valence electrons. The minimum Gasteiger partial charge on any atom is -0.441 e. The first-order valence-electron chi connectivity index (χ1n) is 5.20. The van der Waals surface area contributed by atoms with Crippen LogP contribution in [-0.4, -0.2) is 4.98 Å². The Morgan fingerprint density at radius 2 is 2.20 bits per heavy atom. The van der Waals surface area contributed by atoms with Crippen molar-refractivity contribution in [2.75, 3.05) is 0 Å². The number of benzene rings is 1. The van der Waals surface area contributed by atoms with Gasteiger partial charge in [-0.15, -0.1) is 0 Å². The lowest BCUT2D eigenvalue weighted by Crippen LogP contribution is -1.91. The maximum absolute atomic E-state index is 12.9. The van der Waals surface area contributed by atoms with Crippen molar-refractivity contribution in [1.29, 1.82) is 0 Å². The van der Waals surface area contributed by atoms with E-state index in [9.17, 15) is 4.39 Å². The lowest BCUT2D eigenvalue weighted by Gasteiger charge is -1.99. The number of oxazole rings is 1. The van der Waals surface area contributed by atoms with Crippen LogP contribution in [0.4, 0.5) is 4.39 Å². The molecule has 0 N–H and O–H groups in total. The molecule has 0 amide bonds. The SMILES string of the molecule is CC(C)CCc1nc2ccc(F)cc2o1. The van der Waals surface area contributed by atoms with Crippen LogP contribution in [0.2, 0.25) is 0 Å². The van der Waals surface area contributed by atoms with Crippen LogP contribution >= 0.6 is 0 Å². The Labute approximate surface area is 88.1 Å². The van der Waals surface area contributed by atoms with Gasteiger partial charge in [-0.3, -0.25) is 0 Å². The lowest BCUT2D eigenvalue weighted by atomic mass is 10.1. The second-order valence-electron chi connectivity index (χ2n) is 4.15. The Kier molecular flexibility index (Phi) is 2.71. The highest BCUT2D eigenvalue weighted by atomic mass is 19.1. The average Bonchev–Trinajstić information content (AvgIpc) is 2.56. The fourth-order valence-electron chi connectivity index (χ4n) is 1.47. The summed E-state index contributed by atoms with van der Waals surface area (Å²) in [5.41, 5.74) is 1.27. The molecule has 0 atom stereocenters. The first kappa shape index (κ1) is 10.1. The fraction of sp³-hybridized carbons (Fsp3) is 0.417. The molecule has 0 aliphatic heterocycles. The third-order valence-corrected chi connectivity index (χ3v) is 2.33. The smallest absolute Gasteiger partial charge is 0.195 e. The topological polar surface area (TPSA) is 26.0 Å². The van der Waals surface area contributed by atoms with E-state index in [4.69, 9.17) is 4.42 Å². The van der Waals surface area contributed by atoms with Crippen LogP contribution < -0.4 is 0 Å². The van der Waals surface area contributed by atoms with Gasteiger partial charge in [-0.2, -0.15) is 0 Å². The van der Waals surface area contributed by atoms with Crippen LogP contribution in [0.1, 0.15) is 26.2 Å². The number of aryl methyl sites for hydroxylation is 1. The third-order valence-electron chi connectivity index (χ3n) is 2.33. The van der Waals surface area contributed by atoms with Gasteiger partial charge in [-0.25, -0.2) is 9.37 Å². The maximum Gasteiger partial charge on any atom is 0.195 e. The van der Waals surface area contributed by atoms with E-state index in [1.165, 1.54) is 12.1 Å². The number of hydrogen-bond acceptors (Lipinski definition) is 2. The van der Waals surface area contributed by atoms with Crippen molar-refractivity contribution >= 4 is 11.1 Å². The van der Waals surface area contributed by atoms with Gasteiger partial charge in [0.15, 0.2) is 11.5 Å². The van der Waals surface area contributed by atoms with Gasteiger partial charge in [0.2, 0.25) is 0 Å². The highest BCUT2D eigenvalue weighted by molar-refractivity contribution is 5.72. The summed E-state index contributed by atoms with van der Waals surface area (Å²) in [7, 11) is 0. The minimum absolute atomic E-state index is 0.283. The molecule has 0 spiro atoms. The summed E-state index contributed by atoms with van der Waals surface area (Å²) in [4.78, 5) is 4.29. The molecule has 0 fully saturated rings. The molecule has 1 aromatic carbocycles. The predicted octanol–water partition coefficient (Wildman–Crippen LogP) is 3.56. The Morgan fingerprint density at radius 1 is 1.40 bits per heavy atom. The van der Waals surface area contributed by atoms with Crippen molar-refractivity contribution in [3.63, 3.8) is 0 Å². The van der Waals surface area contributed by atoms with Crippen LogP contribution in [0, 0.1) is 11.7 Å². The van der Waals surface area contributed by atoms with Crippen molar-refractivity contribution in [3.8, 4) is 0 Å². The zero-order valence-corrected chi connectivity index (χ0v) is 8.96. The Hall–Kier alpha value is -1.38. The molecule has 1 heterocycles. The second kappa shape index (κ2) is 4.01. The van der Waals surface area contributed by atoms with Crippen LogP contribution in [-0.2, 0) is 6.42 Å². The molecule has 0 aliphatic rings. The molecule has 0 unspecified atom stereocenters. The van der Waals surface area contributed by atoms with Gasteiger partial charge in [0.25, 0.3) is 0 Å². The van der Waals surface area contributed by atoms with Gasteiger partial charge in [0, 0.05) is 12.5 Å². The van der Waals surface area contributed by atoms with E-state index in [1.807, 2.05) is 0 Å². The summed E-state index contributed by atoms with van der Waals surface area (Å²) in [6, 6.07) is 4.42. The minimum atomic E-state index is -0.283. The summed E-state index contributed by atoms with van der Waals surface area (Å²) >= 11 is 0. The molecule has 0 saturated carbocycles. The summed E-state index contributed by atoms with van der Waals surface area (Å²) in [6.07, 6.45) is 1.85. The Balaban J connectivity index is 2.23. The van der Waals surface area contributed by atoms with E-state index in [-0.39, 0.29) is 5.82 Å². The van der Waals surface area contributed by atoms with Crippen LogP contribution in [0.15, 0.2) is 22.6 Å². The molecule has 2 rings (SSSR count). The molecule has 0 radical (unpaired) electrons. The van der Waals surface area contributed by atoms with Crippen molar-refractivity contribution in [1.82, 2.24) is 4.98 Å². The zero-order valence-electron chi connectivity index (χ0n) is 8.96. The van der Waals surface area contributed by atoms with Gasteiger partial charge in [0.1, 0.15) is 11.3 Å². The lowest BCUT2D eigenvalue weighted by molar-refractivity contribution is 0.483. The van der Waals surface area contributed by atoms with Gasteiger partial charge in [-0.1, -0.05) is 13.8 Å². The third kappa shape index (κ3) is 2.35. The molecule has 0 bridgehead atoms. The van der Waals surface area contributed by atoms with E-state index in [0.29, 0.717) is 17.4 Å². The molecule has 1 aromatic heterocycles. The summed E-state index contributed by atoms with van der Waals surface area (Å²) < 4.78 is 18.3. The summed E-state index contributed by atoms with van der Waals surface area (Å²) in [5.74, 6) is 1.04. The fourth-order valence-corrected chi connectivity index (χ4v) is 1.47. The highest BCUT2D eigenvalue weighted by Gasteiger charge is 2.07. The molecular weight excluding hydrogens is 193 g/mol. The largest absolute Gasteiger partial charge is 0.441 e. The highest BCUT2D eigenvalue weighted by Crippen LogP contribution is 2.18. The Morgan fingerprint density at radius 3 is 2.93 bits per heavy atom. The van der Waals surface area contributed by atoms with E-state index < -0.39 is 0 Å². The van der Waals surface area contributed by atoms with Crippen molar-refractivity contribution in [2.45, 2.75) is 26.7 Å². The van der Waals surface area contributed by atoms with E-state index >= 15 is 0 Å². The van der Waals surface area contributed by atoms with Crippen LogP contribution in [0.3, 0.4) is 0 Å². The van der Waals surface area contributed by atoms with Gasteiger partial charge < -0.3 is 4.42 Å². The van der Waals surface area contributed by atoms with Gasteiger partial charge in [0.05, 0.1) is 0 Å². The van der Waals surface area contributed by atoms with E-state index in [0.717, 1.165) is 18.4 Å². The number of fused-ring (bicyclic) bond motifs is 1. The van der Waals surface area contributed by atoms with Crippen molar-refractivity contribution in [2.24, 2.45) is 5.92 Å². The number of halogens is 1. The Bertz CT molecular complexity index is 462. The standard InChI is InChI=1S/C12H14FNO/c1-8(2)3-6-12-14-10-5-4-9(13)7-11(10)15-12/h4-5,7-8H,3,6H2,1-2H3. The number of nitrogens with zero attached hydrogens (tertiary/aromatic N) is 1. The molecule has 0 saturated heterocycles. The van der Waals surface area contributed by atoms with Gasteiger partial charge in [-0.05, 0) is 24.5 Å². The molecular formula is C12H14FNO. The van der Waals surface area contributed by atoms with Gasteiger partial charge >= 0.3 is 0 Å². The molecule has 3 heteroatoms. The average molecular weight is 207 g/mol. The number of aromatic nitrogens is 1. The number of hydrogen-bond donors (Lipinski definition) is 0. The zero-order chi connectivity index (χ0) is 10.8. The maximum atomic E-state index is 12.9. The first-order chi connectivity index (χ1) is 7.15.